The Morgan fingerprint density at radius 2 is 2.00 bits per heavy atom. The van der Waals surface area contributed by atoms with Crippen LogP contribution >= 0.6 is 15.9 Å². The molecule has 0 bridgehead atoms. The van der Waals surface area contributed by atoms with Crippen molar-refractivity contribution in [1.82, 2.24) is 4.57 Å². The number of nitrogens with zero attached hydrogens (tertiary/aromatic N) is 1. The first-order chi connectivity index (χ1) is 10.0. The van der Waals surface area contributed by atoms with Crippen LogP contribution in [0, 0.1) is 6.92 Å². The van der Waals surface area contributed by atoms with Gasteiger partial charge in [0.25, 0.3) is 5.91 Å². The third-order valence-corrected chi connectivity index (χ3v) is 4.19. The SMILES string of the molecule is C=CCn1c(C)c(C(N)=O)c(-c2ccc(Br)cc2)c1CC. The highest BCUT2D eigenvalue weighted by Gasteiger charge is 2.23. The molecule has 0 saturated heterocycles. The van der Waals surface area contributed by atoms with Gasteiger partial charge in [0.1, 0.15) is 0 Å². The van der Waals surface area contributed by atoms with Gasteiger partial charge >= 0.3 is 0 Å². The summed E-state index contributed by atoms with van der Waals surface area (Å²) in [6, 6.07) is 7.95. The molecule has 2 N–H and O–H groups in total. The summed E-state index contributed by atoms with van der Waals surface area (Å²) >= 11 is 3.44. The van der Waals surface area contributed by atoms with Crippen LogP contribution in [0.1, 0.15) is 28.7 Å². The predicted octanol–water partition coefficient (Wildman–Crippen LogP) is 4.07. The molecule has 4 heteroatoms. The van der Waals surface area contributed by atoms with E-state index < -0.39 is 0 Å². The Hall–Kier alpha value is -1.81. The van der Waals surface area contributed by atoms with Gasteiger partial charge in [-0.3, -0.25) is 4.79 Å². The lowest BCUT2D eigenvalue weighted by Gasteiger charge is -2.09. The molecule has 1 aromatic carbocycles. The van der Waals surface area contributed by atoms with Gasteiger partial charge in [0.05, 0.1) is 5.56 Å². The standard InChI is InChI=1S/C17H19BrN2O/c1-4-10-20-11(3)15(17(19)21)16(14(20)5-2)12-6-8-13(18)9-7-12/h4,6-9H,1,5,10H2,2-3H3,(H2,19,21). The fourth-order valence-corrected chi connectivity index (χ4v) is 3.03. The van der Waals surface area contributed by atoms with Crippen LogP contribution in [0.5, 0.6) is 0 Å². The van der Waals surface area contributed by atoms with E-state index in [1.54, 1.807) is 0 Å². The molecule has 0 atom stereocenters. The summed E-state index contributed by atoms with van der Waals surface area (Å²) in [6.45, 7) is 8.49. The minimum Gasteiger partial charge on any atom is -0.366 e. The second kappa shape index (κ2) is 6.31. The molecule has 0 spiro atoms. The van der Waals surface area contributed by atoms with E-state index in [1.807, 2.05) is 37.3 Å². The number of primary amides is 1. The minimum atomic E-state index is -0.386. The van der Waals surface area contributed by atoms with Gasteiger partial charge in [0.2, 0.25) is 0 Å². The molecule has 0 aliphatic carbocycles. The number of nitrogens with two attached hydrogens (primary N) is 1. The second-order valence-electron chi connectivity index (χ2n) is 4.91. The largest absolute Gasteiger partial charge is 0.366 e. The van der Waals surface area contributed by atoms with Crippen LogP contribution in [-0.2, 0) is 13.0 Å². The third kappa shape index (κ3) is 2.81. The first-order valence-corrected chi connectivity index (χ1v) is 7.69. The number of rotatable bonds is 5. The van der Waals surface area contributed by atoms with Gasteiger partial charge in [-0.2, -0.15) is 0 Å². The quantitative estimate of drug-likeness (QED) is 0.815. The summed E-state index contributed by atoms with van der Waals surface area (Å²) in [7, 11) is 0. The van der Waals surface area contributed by atoms with Crippen molar-refractivity contribution in [3.8, 4) is 11.1 Å². The fraction of sp³-hybridized carbons (Fsp3) is 0.235. The lowest BCUT2D eigenvalue weighted by atomic mass is 9.99. The van der Waals surface area contributed by atoms with Crippen LogP contribution in [0.2, 0.25) is 0 Å². The van der Waals surface area contributed by atoms with Crippen molar-refractivity contribution in [2.45, 2.75) is 26.8 Å². The first-order valence-electron chi connectivity index (χ1n) is 6.89. The molecule has 1 heterocycles. The lowest BCUT2D eigenvalue weighted by Crippen LogP contribution is -2.13. The number of carbonyl (C=O) groups excluding carboxylic acids is 1. The van der Waals surface area contributed by atoms with Crippen LogP contribution in [0.15, 0.2) is 41.4 Å². The molecule has 1 aromatic heterocycles. The van der Waals surface area contributed by atoms with Gasteiger partial charge < -0.3 is 10.3 Å². The molecule has 2 rings (SSSR count). The maximum atomic E-state index is 11.9. The fourth-order valence-electron chi connectivity index (χ4n) is 2.77. The van der Waals surface area contributed by atoms with E-state index in [-0.39, 0.29) is 5.91 Å². The van der Waals surface area contributed by atoms with E-state index in [9.17, 15) is 4.79 Å². The average molecular weight is 347 g/mol. The molecule has 0 fully saturated rings. The number of carbonyl (C=O) groups is 1. The number of allylic oxidation sites excluding steroid dienone is 1. The Morgan fingerprint density at radius 1 is 1.38 bits per heavy atom. The Labute approximate surface area is 133 Å². The van der Waals surface area contributed by atoms with E-state index in [0.717, 1.165) is 33.4 Å². The summed E-state index contributed by atoms with van der Waals surface area (Å²) < 4.78 is 3.12. The molecular formula is C17H19BrN2O. The normalized spacial score (nSPS) is 10.6. The smallest absolute Gasteiger partial charge is 0.251 e. The van der Waals surface area contributed by atoms with Crippen molar-refractivity contribution in [3.63, 3.8) is 0 Å². The molecule has 0 saturated carbocycles. The van der Waals surface area contributed by atoms with Crippen LogP contribution in [-0.4, -0.2) is 10.5 Å². The Bertz CT molecular complexity index is 684. The van der Waals surface area contributed by atoms with E-state index in [2.05, 4.69) is 34.0 Å². The van der Waals surface area contributed by atoms with Gasteiger partial charge in [0.15, 0.2) is 0 Å². The van der Waals surface area contributed by atoms with E-state index in [1.165, 1.54) is 0 Å². The summed E-state index contributed by atoms with van der Waals surface area (Å²) in [4.78, 5) is 11.9. The maximum absolute atomic E-state index is 11.9. The zero-order valence-corrected chi connectivity index (χ0v) is 13.9. The van der Waals surface area contributed by atoms with Crippen LogP contribution in [0.3, 0.4) is 0 Å². The number of benzene rings is 1. The summed E-state index contributed by atoms with van der Waals surface area (Å²) in [5, 5.41) is 0. The number of hydrogen-bond donors (Lipinski definition) is 1. The zero-order chi connectivity index (χ0) is 15.6. The lowest BCUT2D eigenvalue weighted by molar-refractivity contribution is 0.1000. The molecule has 0 unspecified atom stereocenters. The Balaban J connectivity index is 2.78. The van der Waals surface area contributed by atoms with Gasteiger partial charge in [-0.25, -0.2) is 0 Å². The van der Waals surface area contributed by atoms with Crippen molar-refractivity contribution >= 4 is 21.8 Å². The average Bonchev–Trinajstić information content (AvgIpc) is 2.73. The second-order valence-corrected chi connectivity index (χ2v) is 5.82. The van der Waals surface area contributed by atoms with Crippen molar-refractivity contribution in [1.29, 1.82) is 0 Å². The summed E-state index contributed by atoms with van der Waals surface area (Å²) in [6.07, 6.45) is 2.66. The molecule has 1 amide bonds. The van der Waals surface area contributed by atoms with Crippen molar-refractivity contribution in [3.05, 3.63) is 58.3 Å². The number of amides is 1. The van der Waals surface area contributed by atoms with E-state index >= 15 is 0 Å². The molecular weight excluding hydrogens is 328 g/mol. The third-order valence-electron chi connectivity index (χ3n) is 3.66. The zero-order valence-electron chi connectivity index (χ0n) is 12.3. The van der Waals surface area contributed by atoms with E-state index in [4.69, 9.17) is 5.73 Å². The molecule has 0 aliphatic rings. The maximum Gasteiger partial charge on any atom is 0.251 e. The highest BCUT2D eigenvalue weighted by molar-refractivity contribution is 9.10. The minimum absolute atomic E-state index is 0.386. The van der Waals surface area contributed by atoms with Crippen molar-refractivity contribution < 1.29 is 4.79 Å². The number of hydrogen-bond acceptors (Lipinski definition) is 1. The summed E-state index contributed by atoms with van der Waals surface area (Å²) in [5.74, 6) is -0.386. The number of halogens is 1. The van der Waals surface area contributed by atoms with Gasteiger partial charge in [-0.1, -0.05) is 41.1 Å². The summed E-state index contributed by atoms with van der Waals surface area (Å²) in [5.41, 5.74) is 10.2. The highest BCUT2D eigenvalue weighted by Crippen LogP contribution is 2.33. The van der Waals surface area contributed by atoms with E-state index in [0.29, 0.717) is 12.1 Å². The first kappa shape index (κ1) is 15.6. The van der Waals surface area contributed by atoms with Gasteiger partial charge in [-0.05, 0) is 31.0 Å². The van der Waals surface area contributed by atoms with Crippen LogP contribution < -0.4 is 5.73 Å². The van der Waals surface area contributed by atoms with Crippen LogP contribution in [0.4, 0.5) is 0 Å². The Morgan fingerprint density at radius 3 is 2.48 bits per heavy atom. The topological polar surface area (TPSA) is 48.0 Å². The van der Waals surface area contributed by atoms with Crippen molar-refractivity contribution in [2.75, 3.05) is 0 Å². The molecule has 0 radical (unpaired) electrons. The molecule has 21 heavy (non-hydrogen) atoms. The van der Waals surface area contributed by atoms with Crippen molar-refractivity contribution in [2.24, 2.45) is 5.73 Å². The molecule has 3 nitrogen and oxygen atoms in total. The predicted molar refractivity (Wildman–Crippen MR) is 90.4 cm³/mol. The number of aromatic nitrogens is 1. The molecule has 0 aliphatic heterocycles. The monoisotopic (exact) mass is 346 g/mol. The van der Waals surface area contributed by atoms with Gasteiger partial charge in [0, 0.05) is 28.0 Å². The van der Waals surface area contributed by atoms with Crippen LogP contribution in [0.25, 0.3) is 11.1 Å². The Kier molecular flexibility index (Phi) is 4.68. The molecule has 110 valence electrons. The molecule has 2 aromatic rings. The van der Waals surface area contributed by atoms with Gasteiger partial charge in [-0.15, -0.1) is 6.58 Å². The highest BCUT2D eigenvalue weighted by atomic mass is 79.9.